The van der Waals surface area contributed by atoms with E-state index >= 15 is 0 Å². The summed E-state index contributed by atoms with van der Waals surface area (Å²) < 4.78 is 0.452. The summed E-state index contributed by atoms with van der Waals surface area (Å²) >= 11 is 2.09. The zero-order valence-corrected chi connectivity index (χ0v) is 10.8. The van der Waals surface area contributed by atoms with Crippen LogP contribution in [0.25, 0.3) is 0 Å². The second-order valence-corrected chi connectivity index (χ2v) is 7.42. The lowest BCUT2D eigenvalue weighted by Gasteiger charge is -2.29. The third-order valence-electron chi connectivity index (χ3n) is 2.56. The molecule has 0 bridgehead atoms. The van der Waals surface area contributed by atoms with E-state index in [-0.39, 0.29) is 5.54 Å². The number of rotatable bonds is 2. The molecule has 1 rings (SSSR count). The highest BCUT2D eigenvalue weighted by Gasteiger charge is 2.25. The summed E-state index contributed by atoms with van der Waals surface area (Å²) in [6.45, 7) is 12.3. The van der Waals surface area contributed by atoms with E-state index in [4.69, 9.17) is 5.73 Å². The Bertz CT molecular complexity index is 184. The van der Waals surface area contributed by atoms with Gasteiger partial charge in [0.2, 0.25) is 0 Å². The van der Waals surface area contributed by atoms with Crippen LogP contribution in [0.3, 0.4) is 0 Å². The van der Waals surface area contributed by atoms with E-state index in [9.17, 15) is 0 Å². The molecule has 0 aromatic rings. The van der Waals surface area contributed by atoms with Crippen LogP contribution in [0.2, 0.25) is 0 Å². The third kappa shape index (κ3) is 4.67. The van der Waals surface area contributed by atoms with Crippen LogP contribution < -0.4 is 5.73 Å². The average molecular weight is 216 g/mol. The molecule has 2 nitrogen and oxygen atoms in total. The van der Waals surface area contributed by atoms with Crippen molar-refractivity contribution in [2.75, 3.05) is 25.4 Å². The number of nitrogens with zero attached hydrogens (tertiary/aromatic N) is 1. The van der Waals surface area contributed by atoms with Gasteiger partial charge in [0.05, 0.1) is 0 Å². The molecular formula is C11H24N2S. The summed E-state index contributed by atoms with van der Waals surface area (Å²) in [5, 5.41) is 0. The fourth-order valence-electron chi connectivity index (χ4n) is 1.80. The first-order chi connectivity index (χ1) is 6.29. The molecule has 1 fully saturated rings. The standard InChI is InChI=1S/C11H24N2S/c1-10(2,12)9-13-6-5-11(3,4)14-8-7-13/h5-9,12H2,1-4H3. The molecule has 0 saturated carbocycles. The number of hydrogen-bond donors (Lipinski definition) is 1. The van der Waals surface area contributed by atoms with Gasteiger partial charge in [0.1, 0.15) is 0 Å². The molecule has 2 N–H and O–H groups in total. The van der Waals surface area contributed by atoms with Crippen molar-refractivity contribution in [3.05, 3.63) is 0 Å². The highest BCUT2D eigenvalue weighted by Crippen LogP contribution is 2.30. The molecule has 3 heteroatoms. The van der Waals surface area contributed by atoms with Gasteiger partial charge >= 0.3 is 0 Å². The van der Waals surface area contributed by atoms with Gasteiger partial charge in [0.15, 0.2) is 0 Å². The molecule has 0 atom stereocenters. The Balaban J connectivity index is 2.43. The predicted octanol–water partition coefficient (Wildman–Crippen LogP) is 1.94. The zero-order valence-electron chi connectivity index (χ0n) is 9.97. The molecule has 84 valence electrons. The normalized spacial score (nSPS) is 24.6. The van der Waals surface area contributed by atoms with E-state index in [0.717, 1.165) is 6.54 Å². The maximum atomic E-state index is 6.04. The second kappa shape index (κ2) is 4.42. The molecule has 1 aliphatic rings. The van der Waals surface area contributed by atoms with Crippen molar-refractivity contribution in [1.29, 1.82) is 0 Å². The number of nitrogens with two attached hydrogens (primary N) is 1. The Morgan fingerprint density at radius 1 is 1.36 bits per heavy atom. The summed E-state index contributed by atoms with van der Waals surface area (Å²) in [6, 6.07) is 0. The lowest BCUT2D eigenvalue weighted by Crippen LogP contribution is -2.46. The first kappa shape index (κ1) is 12.3. The molecule has 0 amide bonds. The molecule has 14 heavy (non-hydrogen) atoms. The minimum atomic E-state index is -0.0564. The minimum Gasteiger partial charge on any atom is -0.324 e. The van der Waals surface area contributed by atoms with Crippen LogP contribution in [0.5, 0.6) is 0 Å². The maximum Gasteiger partial charge on any atom is 0.0226 e. The number of hydrogen-bond acceptors (Lipinski definition) is 3. The average Bonchev–Trinajstić information content (AvgIpc) is 2.10. The minimum absolute atomic E-state index is 0.0564. The SMILES string of the molecule is CC(C)(N)CN1CCSC(C)(C)CC1. The Morgan fingerprint density at radius 2 is 2.00 bits per heavy atom. The third-order valence-corrected chi connectivity index (χ3v) is 3.93. The topological polar surface area (TPSA) is 29.3 Å². The van der Waals surface area contributed by atoms with Gasteiger partial charge < -0.3 is 10.6 Å². The Labute approximate surface area is 92.6 Å². The molecule has 0 unspecified atom stereocenters. The van der Waals surface area contributed by atoms with Crippen molar-refractivity contribution in [3.8, 4) is 0 Å². The predicted molar refractivity (Wildman–Crippen MR) is 65.9 cm³/mol. The van der Waals surface area contributed by atoms with Crippen molar-refractivity contribution in [1.82, 2.24) is 4.90 Å². The van der Waals surface area contributed by atoms with Crippen LogP contribution in [-0.4, -0.2) is 40.6 Å². The van der Waals surface area contributed by atoms with Crippen molar-refractivity contribution < 1.29 is 0 Å². The molecule has 0 spiro atoms. The highest BCUT2D eigenvalue weighted by molar-refractivity contribution is 8.00. The van der Waals surface area contributed by atoms with Crippen LogP contribution in [-0.2, 0) is 0 Å². The molecular weight excluding hydrogens is 192 g/mol. The van der Waals surface area contributed by atoms with Gasteiger partial charge in [-0.15, -0.1) is 0 Å². The molecule has 0 aromatic heterocycles. The summed E-state index contributed by atoms with van der Waals surface area (Å²) in [7, 11) is 0. The van der Waals surface area contributed by atoms with Crippen LogP contribution in [0.4, 0.5) is 0 Å². The molecule has 1 saturated heterocycles. The van der Waals surface area contributed by atoms with E-state index in [1.807, 2.05) is 0 Å². The first-order valence-corrected chi connectivity index (χ1v) is 6.42. The van der Waals surface area contributed by atoms with Gasteiger partial charge in [-0.05, 0) is 26.8 Å². The van der Waals surface area contributed by atoms with Gasteiger partial charge in [-0.3, -0.25) is 0 Å². The van der Waals surface area contributed by atoms with Crippen LogP contribution >= 0.6 is 11.8 Å². The summed E-state index contributed by atoms with van der Waals surface area (Å²) in [5.74, 6) is 1.24. The molecule has 1 aliphatic heterocycles. The van der Waals surface area contributed by atoms with Crippen LogP contribution in [0, 0.1) is 0 Å². The van der Waals surface area contributed by atoms with Crippen LogP contribution in [0.15, 0.2) is 0 Å². The molecule has 0 radical (unpaired) electrons. The van der Waals surface area contributed by atoms with Crippen LogP contribution in [0.1, 0.15) is 34.1 Å². The maximum absolute atomic E-state index is 6.04. The highest BCUT2D eigenvalue weighted by atomic mass is 32.2. The Kier molecular flexibility index (Phi) is 3.89. The lowest BCUT2D eigenvalue weighted by molar-refractivity contribution is 0.234. The van der Waals surface area contributed by atoms with E-state index in [0.29, 0.717) is 4.75 Å². The van der Waals surface area contributed by atoms with E-state index in [1.54, 1.807) is 0 Å². The number of thioether (sulfide) groups is 1. The zero-order chi connectivity index (χ0) is 10.8. The van der Waals surface area contributed by atoms with Gasteiger partial charge in [0.25, 0.3) is 0 Å². The largest absolute Gasteiger partial charge is 0.324 e. The van der Waals surface area contributed by atoms with Gasteiger partial charge in [-0.1, -0.05) is 13.8 Å². The van der Waals surface area contributed by atoms with Crippen molar-refractivity contribution in [3.63, 3.8) is 0 Å². The van der Waals surface area contributed by atoms with E-state index in [1.165, 1.54) is 25.3 Å². The van der Waals surface area contributed by atoms with E-state index in [2.05, 4.69) is 44.4 Å². The molecule has 0 aromatic carbocycles. The summed E-state index contributed by atoms with van der Waals surface area (Å²) in [6.07, 6.45) is 1.27. The Morgan fingerprint density at radius 3 is 2.57 bits per heavy atom. The lowest BCUT2D eigenvalue weighted by atomic mass is 10.1. The Hall–Kier alpha value is 0.270. The van der Waals surface area contributed by atoms with Gasteiger partial charge in [-0.25, -0.2) is 0 Å². The summed E-state index contributed by atoms with van der Waals surface area (Å²) in [5.41, 5.74) is 5.98. The fraction of sp³-hybridized carbons (Fsp3) is 1.00. The van der Waals surface area contributed by atoms with Gasteiger partial charge in [-0.2, -0.15) is 11.8 Å². The van der Waals surface area contributed by atoms with Crippen molar-refractivity contribution in [2.24, 2.45) is 5.73 Å². The molecule has 1 heterocycles. The van der Waals surface area contributed by atoms with E-state index < -0.39 is 0 Å². The second-order valence-electron chi connectivity index (χ2n) is 5.62. The van der Waals surface area contributed by atoms with Crippen molar-refractivity contribution >= 4 is 11.8 Å². The van der Waals surface area contributed by atoms with Crippen molar-refractivity contribution in [2.45, 2.75) is 44.4 Å². The molecule has 0 aliphatic carbocycles. The monoisotopic (exact) mass is 216 g/mol. The fourth-order valence-corrected chi connectivity index (χ4v) is 2.93. The first-order valence-electron chi connectivity index (χ1n) is 5.44. The quantitative estimate of drug-likeness (QED) is 0.765. The van der Waals surface area contributed by atoms with Gasteiger partial charge in [0, 0.05) is 29.1 Å². The summed E-state index contributed by atoms with van der Waals surface area (Å²) in [4.78, 5) is 2.50. The smallest absolute Gasteiger partial charge is 0.0226 e.